The van der Waals surface area contributed by atoms with E-state index in [4.69, 9.17) is 5.73 Å². The first-order valence-electron chi connectivity index (χ1n) is 8.89. The Kier molecular flexibility index (Phi) is 5.18. The maximum atomic E-state index is 12.9. The zero-order valence-electron chi connectivity index (χ0n) is 15.0. The molecule has 0 saturated carbocycles. The van der Waals surface area contributed by atoms with E-state index in [0.29, 0.717) is 19.4 Å². The SMILES string of the molecule is CC(C)CC(N)C(=O)N1CCC2C1C(=O)CN2S(=O)(=O)c1ccccc1. The molecule has 2 N–H and O–H groups in total. The summed E-state index contributed by atoms with van der Waals surface area (Å²) in [6, 6.07) is 6.18. The van der Waals surface area contributed by atoms with E-state index < -0.39 is 28.1 Å². The van der Waals surface area contributed by atoms with Gasteiger partial charge in [0.25, 0.3) is 0 Å². The summed E-state index contributed by atoms with van der Waals surface area (Å²) in [5.74, 6) is -0.239. The summed E-state index contributed by atoms with van der Waals surface area (Å²) in [6.45, 7) is 4.12. The molecule has 2 saturated heterocycles. The predicted molar refractivity (Wildman–Crippen MR) is 96.7 cm³/mol. The van der Waals surface area contributed by atoms with Gasteiger partial charge in [-0.1, -0.05) is 32.0 Å². The molecule has 8 heteroatoms. The fourth-order valence-corrected chi connectivity index (χ4v) is 5.54. The second-order valence-electron chi connectivity index (χ2n) is 7.40. The summed E-state index contributed by atoms with van der Waals surface area (Å²) < 4.78 is 27.1. The summed E-state index contributed by atoms with van der Waals surface area (Å²) >= 11 is 0. The van der Waals surface area contributed by atoms with Crippen LogP contribution in [-0.4, -0.2) is 60.5 Å². The highest BCUT2D eigenvalue weighted by Crippen LogP contribution is 2.34. The molecule has 142 valence electrons. The lowest BCUT2D eigenvalue weighted by molar-refractivity contribution is -0.137. The van der Waals surface area contributed by atoms with Gasteiger partial charge in [-0.2, -0.15) is 4.31 Å². The standard InChI is InChI=1S/C18H25N3O4S/c1-12(2)10-14(19)18(23)20-9-8-15-17(20)16(22)11-21(15)26(24,25)13-6-4-3-5-7-13/h3-7,12,14-15,17H,8-11,19H2,1-2H3. The fourth-order valence-electron chi connectivity index (χ4n) is 3.89. The number of fused-ring (bicyclic) bond motifs is 1. The Hall–Kier alpha value is -1.77. The van der Waals surface area contributed by atoms with Gasteiger partial charge in [0, 0.05) is 6.54 Å². The van der Waals surface area contributed by atoms with Crippen LogP contribution in [0.15, 0.2) is 35.2 Å². The van der Waals surface area contributed by atoms with Crippen molar-refractivity contribution in [3.63, 3.8) is 0 Å². The fraction of sp³-hybridized carbons (Fsp3) is 0.556. The van der Waals surface area contributed by atoms with E-state index in [1.54, 1.807) is 18.2 Å². The first-order chi connectivity index (χ1) is 12.2. The topological polar surface area (TPSA) is 101 Å². The molecule has 0 spiro atoms. The Morgan fingerprint density at radius 2 is 1.92 bits per heavy atom. The highest BCUT2D eigenvalue weighted by atomic mass is 32.2. The number of benzene rings is 1. The molecule has 3 atom stereocenters. The molecular formula is C18H25N3O4S. The summed E-state index contributed by atoms with van der Waals surface area (Å²) in [5, 5.41) is 0. The quantitative estimate of drug-likeness (QED) is 0.807. The lowest BCUT2D eigenvalue weighted by Crippen LogP contribution is -2.50. The monoisotopic (exact) mass is 379 g/mol. The number of amides is 1. The zero-order chi connectivity index (χ0) is 19.1. The smallest absolute Gasteiger partial charge is 0.243 e. The molecule has 0 bridgehead atoms. The molecule has 0 aliphatic carbocycles. The van der Waals surface area contributed by atoms with Gasteiger partial charge in [-0.3, -0.25) is 9.59 Å². The van der Waals surface area contributed by atoms with Crippen LogP contribution in [0.25, 0.3) is 0 Å². The third kappa shape index (κ3) is 3.28. The van der Waals surface area contributed by atoms with Gasteiger partial charge in [0.2, 0.25) is 15.9 Å². The summed E-state index contributed by atoms with van der Waals surface area (Å²) in [6.07, 6.45) is 0.982. The van der Waals surface area contributed by atoms with Crippen LogP contribution in [0.5, 0.6) is 0 Å². The molecule has 0 aromatic heterocycles. The second-order valence-corrected chi connectivity index (χ2v) is 9.29. The van der Waals surface area contributed by atoms with E-state index in [1.165, 1.54) is 21.3 Å². The Morgan fingerprint density at radius 3 is 2.54 bits per heavy atom. The highest BCUT2D eigenvalue weighted by Gasteiger charge is 2.54. The molecule has 1 aromatic carbocycles. The lowest BCUT2D eigenvalue weighted by atomic mass is 10.0. The maximum Gasteiger partial charge on any atom is 0.243 e. The number of ketones is 1. The van der Waals surface area contributed by atoms with Gasteiger partial charge >= 0.3 is 0 Å². The largest absolute Gasteiger partial charge is 0.330 e. The predicted octanol–water partition coefficient (Wildman–Crippen LogP) is 0.603. The second kappa shape index (κ2) is 7.09. The number of rotatable bonds is 5. The number of carbonyl (C=O) groups is 2. The van der Waals surface area contributed by atoms with Gasteiger partial charge in [-0.25, -0.2) is 8.42 Å². The van der Waals surface area contributed by atoms with E-state index in [9.17, 15) is 18.0 Å². The van der Waals surface area contributed by atoms with E-state index in [2.05, 4.69) is 0 Å². The minimum atomic E-state index is -3.77. The van der Waals surface area contributed by atoms with Crippen LogP contribution in [0.1, 0.15) is 26.7 Å². The van der Waals surface area contributed by atoms with Gasteiger partial charge in [0.05, 0.1) is 23.5 Å². The van der Waals surface area contributed by atoms with Crippen molar-refractivity contribution in [1.82, 2.24) is 9.21 Å². The van der Waals surface area contributed by atoms with Gasteiger partial charge in [0.15, 0.2) is 5.78 Å². The molecule has 7 nitrogen and oxygen atoms in total. The summed E-state index contributed by atoms with van der Waals surface area (Å²) in [7, 11) is -3.77. The third-order valence-corrected chi connectivity index (χ3v) is 6.94. The Labute approximate surface area is 154 Å². The van der Waals surface area contributed by atoms with E-state index in [0.717, 1.165) is 0 Å². The molecule has 1 aromatic rings. The van der Waals surface area contributed by atoms with Crippen molar-refractivity contribution in [1.29, 1.82) is 0 Å². The molecule has 2 aliphatic rings. The van der Waals surface area contributed by atoms with Crippen molar-refractivity contribution in [2.75, 3.05) is 13.1 Å². The minimum Gasteiger partial charge on any atom is -0.330 e. The first-order valence-corrected chi connectivity index (χ1v) is 10.3. The van der Waals surface area contributed by atoms with Crippen molar-refractivity contribution in [2.45, 2.75) is 49.7 Å². The number of Topliss-reactive ketones (excluding diaryl/α,β-unsaturated/α-hetero) is 1. The van der Waals surface area contributed by atoms with E-state index in [-0.39, 0.29) is 29.0 Å². The van der Waals surface area contributed by atoms with Crippen LogP contribution >= 0.6 is 0 Å². The van der Waals surface area contributed by atoms with E-state index >= 15 is 0 Å². The van der Waals surface area contributed by atoms with Gasteiger partial charge < -0.3 is 10.6 Å². The van der Waals surface area contributed by atoms with Crippen molar-refractivity contribution < 1.29 is 18.0 Å². The van der Waals surface area contributed by atoms with Gasteiger partial charge in [-0.05, 0) is 30.9 Å². The first kappa shape index (κ1) is 19.0. The van der Waals surface area contributed by atoms with Crippen LogP contribution in [0.3, 0.4) is 0 Å². The molecule has 1 amide bonds. The van der Waals surface area contributed by atoms with Crippen molar-refractivity contribution in [2.24, 2.45) is 11.7 Å². The van der Waals surface area contributed by atoms with Crippen LogP contribution in [0, 0.1) is 5.92 Å². The van der Waals surface area contributed by atoms with Gasteiger partial charge in [0.1, 0.15) is 6.04 Å². The van der Waals surface area contributed by atoms with Crippen LogP contribution < -0.4 is 5.73 Å². The molecule has 3 unspecified atom stereocenters. The number of hydrogen-bond donors (Lipinski definition) is 1. The number of likely N-dealkylation sites (tertiary alicyclic amines) is 1. The number of carbonyl (C=O) groups excluding carboxylic acids is 2. The lowest BCUT2D eigenvalue weighted by Gasteiger charge is -2.26. The molecule has 2 fully saturated rings. The number of nitrogens with zero attached hydrogens (tertiary/aromatic N) is 2. The third-order valence-electron chi connectivity index (χ3n) is 5.05. The minimum absolute atomic E-state index is 0.162. The molecule has 3 rings (SSSR count). The van der Waals surface area contributed by atoms with Crippen molar-refractivity contribution >= 4 is 21.7 Å². The number of hydrogen-bond acceptors (Lipinski definition) is 5. The molecule has 2 heterocycles. The normalized spacial score (nSPS) is 24.9. The highest BCUT2D eigenvalue weighted by molar-refractivity contribution is 7.89. The van der Waals surface area contributed by atoms with Crippen molar-refractivity contribution in [3.8, 4) is 0 Å². The molecule has 26 heavy (non-hydrogen) atoms. The van der Waals surface area contributed by atoms with Crippen LogP contribution in [0.2, 0.25) is 0 Å². The maximum absolute atomic E-state index is 12.9. The Morgan fingerprint density at radius 1 is 1.27 bits per heavy atom. The Bertz CT molecular complexity index is 794. The zero-order valence-corrected chi connectivity index (χ0v) is 15.9. The van der Waals surface area contributed by atoms with Crippen molar-refractivity contribution in [3.05, 3.63) is 30.3 Å². The average molecular weight is 379 g/mol. The Balaban J connectivity index is 1.83. The van der Waals surface area contributed by atoms with Crippen LogP contribution in [0.4, 0.5) is 0 Å². The summed E-state index contributed by atoms with van der Waals surface area (Å²) in [5.41, 5.74) is 6.00. The molecule has 0 radical (unpaired) electrons. The number of sulfonamides is 1. The van der Waals surface area contributed by atoms with E-state index in [1.807, 2.05) is 13.8 Å². The summed E-state index contributed by atoms with van der Waals surface area (Å²) in [4.78, 5) is 26.9. The number of nitrogens with two attached hydrogens (primary N) is 1. The van der Waals surface area contributed by atoms with Gasteiger partial charge in [-0.15, -0.1) is 0 Å². The molecule has 2 aliphatic heterocycles. The average Bonchev–Trinajstić information content (AvgIpc) is 3.16. The van der Waals surface area contributed by atoms with Crippen LogP contribution in [-0.2, 0) is 19.6 Å². The molecular weight excluding hydrogens is 354 g/mol.